The van der Waals surface area contributed by atoms with Gasteiger partial charge >= 0.3 is 0 Å². The lowest BCUT2D eigenvalue weighted by Crippen LogP contribution is -1.93. The zero-order valence-electron chi connectivity index (χ0n) is 17.8. The standard InChI is InChI=1S/C27H31N/c1-8-10-12-15-20(3)21(4)18-26-22(5)28(7)23(6)27(26)19-24(9-2)25-16-13-11-14-17-25/h8-19H,1-2H2,3-7H3/b12-10-,20-15+,21-18+,24-19+. The van der Waals surface area contributed by atoms with Crippen molar-refractivity contribution in [3.63, 3.8) is 0 Å². The lowest BCUT2D eigenvalue weighted by atomic mass is 9.98. The molecule has 0 saturated heterocycles. The van der Waals surface area contributed by atoms with E-state index >= 15 is 0 Å². The first kappa shape index (κ1) is 21.2. The molecular weight excluding hydrogens is 338 g/mol. The molecule has 1 nitrogen and oxygen atoms in total. The third kappa shape index (κ3) is 4.80. The number of hydrogen-bond donors (Lipinski definition) is 0. The van der Waals surface area contributed by atoms with Crippen LogP contribution < -0.4 is 0 Å². The summed E-state index contributed by atoms with van der Waals surface area (Å²) in [6.07, 6.45) is 14.3. The molecule has 0 aliphatic heterocycles. The number of allylic oxidation sites excluding steroid dienone is 8. The van der Waals surface area contributed by atoms with E-state index in [2.05, 4.69) is 95.0 Å². The van der Waals surface area contributed by atoms with Crippen LogP contribution in [0.2, 0.25) is 0 Å². The molecule has 1 heterocycles. The van der Waals surface area contributed by atoms with E-state index < -0.39 is 0 Å². The molecule has 144 valence electrons. The molecular formula is C27H31N. The molecule has 0 N–H and O–H groups in total. The maximum absolute atomic E-state index is 4.04. The number of aromatic nitrogens is 1. The Morgan fingerprint density at radius 3 is 2.04 bits per heavy atom. The van der Waals surface area contributed by atoms with E-state index in [0.29, 0.717) is 0 Å². The van der Waals surface area contributed by atoms with Gasteiger partial charge < -0.3 is 4.57 Å². The normalized spacial score (nSPS) is 13.2. The predicted octanol–water partition coefficient (Wildman–Crippen LogP) is 7.46. The van der Waals surface area contributed by atoms with E-state index in [0.717, 1.165) is 5.57 Å². The topological polar surface area (TPSA) is 4.93 Å². The Morgan fingerprint density at radius 2 is 1.46 bits per heavy atom. The molecule has 0 radical (unpaired) electrons. The Labute approximate surface area is 170 Å². The quantitative estimate of drug-likeness (QED) is 0.446. The van der Waals surface area contributed by atoms with E-state index in [1.54, 1.807) is 6.08 Å². The van der Waals surface area contributed by atoms with Crippen molar-refractivity contribution >= 4 is 17.7 Å². The summed E-state index contributed by atoms with van der Waals surface area (Å²) in [4.78, 5) is 0. The Bertz CT molecular complexity index is 973. The third-order valence-corrected chi connectivity index (χ3v) is 5.28. The van der Waals surface area contributed by atoms with Gasteiger partial charge in [-0.15, -0.1) is 0 Å². The van der Waals surface area contributed by atoms with Crippen molar-refractivity contribution in [2.24, 2.45) is 7.05 Å². The molecule has 0 fully saturated rings. The van der Waals surface area contributed by atoms with Crippen LogP contribution in [0.25, 0.3) is 17.7 Å². The predicted molar refractivity (Wildman–Crippen MR) is 126 cm³/mol. The van der Waals surface area contributed by atoms with Crippen molar-refractivity contribution in [2.75, 3.05) is 0 Å². The van der Waals surface area contributed by atoms with Gasteiger partial charge in [-0.05, 0) is 62.1 Å². The van der Waals surface area contributed by atoms with Crippen molar-refractivity contribution < 1.29 is 0 Å². The van der Waals surface area contributed by atoms with Crippen LogP contribution in [0.4, 0.5) is 0 Å². The molecule has 1 aromatic heterocycles. The highest BCUT2D eigenvalue weighted by Crippen LogP contribution is 2.30. The van der Waals surface area contributed by atoms with Crippen LogP contribution in [0, 0.1) is 13.8 Å². The molecule has 0 atom stereocenters. The number of rotatable bonds is 7. The first-order chi connectivity index (χ1) is 13.4. The van der Waals surface area contributed by atoms with Gasteiger partial charge in [0.05, 0.1) is 0 Å². The molecule has 0 bridgehead atoms. The van der Waals surface area contributed by atoms with E-state index in [9.17, 15) is 0 Å². The van der Waals surface area contributed by atoms with Gasteiger partial charge in [-0.2, -0.15) is 0 Å². The molecule has 0 aliphatic carbocycles. The number of hydrogen-bond acceptors (Lipinski definition) is 0. The summed E-state index contributed by atoms with van der Waals surface area (Å²) in [7, 11) is 2.13. The molecule has 1 heteroatoms. The minimum Gasteiger partial charge on any atom is -0.351 e. The Hall–Kier alpha value is -3.06. The van der Waals surface area contributed by atoms with Crippen molar-refractivity contribution in [1.29, 1.82) is 0 Å². The van der Waals surface area contributed by atoms with Crippen LogP contribution in [0.3, 0.4) is 0 Å². The zero-order chi connectivity index (χ0) is 20.7. The first-order valence-corrected chi connectivity index (χ1v) is 9.60. The zero-order valence-corrected chi connectivity index (χ0v) is 17.8. The summed E-state index contributed by atoms with van der Waals surface area (Å²) in [5, 5.41) is 0. The van der Waals surface area contributed by atoms with Crippen LogP contribution in [-0.4, -0.2) is 4.57 Å². The maximum atomic E-state index is 4.04. The molecule has 2 rings (SSSR count). The minimum atomic E-state index is 1.13. The Kier molecular flexibility index (Phi) is 7.40. The Balaban J connectivity index is 2.60. The molecule has 0 spiro atoms. The monoisotopic (exact) mass is 369 g/mol. The number of benzene rings is 1. The summed E-state index contributed by atoms with van der Waals surface area (Å²) in [5.74, 6) is 0. The van der Waals surface area contributed by atoms with E-state index in [4.69, 9.17) is 0 Å². The molecule has 0 aliphatic rings. The van der Waals surface area contributed by atoms with Gasteiger partial charge in [0.2, 0.25) is 0 Å². The second-order valence-corrected chi connectivity index (χ2v) is 7.02. The lowest BCUT2D eigenvalue weighted by molar-refractivity contribution is 0.842. The largest absolute Gasteiger partial charge is 0.351 e. The fraction of sp³-hybridized carbons (Fsp3) is 0.185. The third-order valence-electron chi connectivity index (χ3n) is 5.28. The second kappa shape index (κ2) is 9.75. The highest BCUT2D eigenvalue weighted by atomic mass is 15.0. The molecule has 1 aromatic carbocycles. The van der Waals surface area contributed by atoms with Crippen molar-refractivity contribution in [3.8, 4) is 0 Å². The summed E-state index contributed by atoms with van der Waals surface area (Å²) >= 11 is 0. The fourth-order valence-electron chi connectivity index (χ4n) is 3.15. The summed E-state index contributed by atoms with van der Waals surface area (Å²) in [6.45, 7) is 16.4. The van der Waals surface area contributed by atoms with E-state index in [1.807, 2.05) is 24.3 Å². The van der Waals surface area contributed by atoms with Crippen LogP contribution in [0.5, 0.6) is 0 Å². The average molecular weight is 370 g/mol. The van der Waals surface area contributed by atoms with Gasteiger partial charge in [0.1, 0.15) is 0 Å². The van der Waals surface area contributed by atoms with Gasteiger partial charge in [0.15, 0.2) is 0 Å². The highest BCUT2D eigenvalue weighted by Gasteiger charge is 2.13. The van der Waals surface area contributed by atoms with Gasteiger partial charge in [-0.3, -0.25) is 0 Å². The van der Waals surface area contributed by atoms with Crippen LogP contribution >= 0.6 is 0 Å². The van der Waals surface area contributed by atoms with Crippen LogP contribution in [0.15, 0.2) is 85.0 Å². The fourth-order valence-corrected chi connectivity index (χ4v) is 3.15. The highest BCUT2D eigenvalue weighted by molar-refractivity contribution is 5.90. The van der Waals surface area contributed by atoms with Crippen LogP contribution in [0.1, 0.15) is 41.9 Å². The van der Waals surface area contributed by atoms with Crippen molar-refractivity contribution in [2.45, 2.75) is 27.7 Å². The van der Waals surface area contributed by atoms with Gasteiger partial charge in [-0.1, -0.05) is 73.9 Å². The molecule has 0 unspecified atom stereocenters. The Morgan fingerprint density at radius 1 is 0.857 bits per heavy atom. The van der Waals surface area contributed by atoms with Crippen molar-refractivity contribution in [1.82, 2.24) is 4.57 Å². The van der Waals surface area contributed by atoms with Gasteiger partial charge in [-0.25, -0.2) is 0 Å². The molecule has 28 heavy (non-hydrogen) atoms. The SMILES string of the molecule is C=C\C=C/C=C(C)/C(C)=C/c1c(/C=C(\C=C)c2ccccc2)c(C)n(C)c1C. The minimum absolute atomic E-state index is 1.13. The van der Waals surface area contributed by atoms with Crippen molar-refractivity contribution in [3.05, 3.63) is 113 Å². The second-order valence-electron chi connectivity index (χ2n) is 7.02. The smallest absolute Gasteiger partial charge is 0.0222 e. The van der Waals surface area contributed by atoms with Gasteiger partial charge in [0.25, 0.3) is 0 Å². The molecule has 0 amide bonds. The summed E-state index contributed by atoms with van der Waals surface area (Å²) in [5.41, 5.74) is 9.80. The summed E-state index contributed by atoms with van der Waals surface area (Å²) < 4.78 is 2.26. The van der Waals surface area contributed by atoms with Gasteiger partial charge in [0, 0.05) is 29.6 Å². The summed E-state index contributed by atoms with van der Waals surface area (Å²) in [6, 6.07) is 10.4. The van der Waals surface area contributed by atoms with E-state index in [-0.39, 0.29) is 0 Å². The van der Waals surface area contributed by atoms with E-state index in [1.165, 1.54) is 39.2 Å². The maximum Gasteiger partial charge on any atom is 0.0222 e. The average Bonchev–Trinajstić information content (AvgIpc) is 2.90. The lowest BCUT2D eigenvalue weighted by Gasteiger charge is -2.06. The van der Waals surface area contributed by atoms with Crippen LogP contribution in [-0.2, 0) is 7.05 Å². The molecule has 0 saturated carbocycles. The first-order valence-electron chi connectivity index (χ1n) is 9.60. The number of nitrogens with zero attached hydrogens (tertiary/aromatic N) is 1. The molecule has 2 aromatic rings.